The average molecular weight is 337 g/mol. The molecule has 0 amide bonds. The Morgan fingerprint density at radius 2 is 2.12 bits per heavy atom. The van der Waals surface area contributed by atoms with Crippen LogP contribution in [0, 0.1) is 6.92 Å². The maximum absolute atomic E-state index is 10.1. The molecule has 0 fully saturated rings. The first kappa shape index (κ1) is 16.8. The second-order valence-electron chi connectivity index (χ2n) is 6.18. The maximum Gasteiger partial charge on any atom is 0.164 e. The lowest BCUT2D eigenvalue weighted by molar-refractivity contribution is 0.465. The molecule has 25 heavy (non-hydrogen) atoms. The van der Waals surface area contributed by atoms with E-state index in [0.29, 0.717) is 0 Å². The van der Waals surface area contributed by atoms with Crippen LogP contribution in [0.2, 0.25) is 0 Å². The summed E-state index contributed by atoms with van der Waals surface area (Å²) in [4.78, 5) is 4.70. The van der Waals surface area contributed by atoms with Crippen molar-refractivity contribution >= 4 is 17.0 Å². The molecule has 1 atom stereocenters. The smallest absolute Gasteiger partial charge is 0.164 e. The molecular weight excluding hydrogens is 314 g/mol. The van der Waals surface area contributed by atoms with E-state index in [0.717, 1.165) is 33.7 Å². The van der Waals surface area contributed by atoms with Gasteiger partial charge < -0.3 is 15.7 Å². The number of hydrogen-bond acceptors (Lipinski definition) is 5. The van der Waals surface area contributed by atoms with Gasteiger partial charge in [-0.3, -0.25) is 0 Å². The van der Waals surface area contributed by atoms with Crippen molar-refractivity contribution in [1.82, 2.24) is 19.9 Å². The highest BCUT2D eigenvalue weighted by molar-refractivity contribution is 5.74. The third-order valence-corrected chi connectivity index (χ3v) is 4.17. The van der Waals surface area contributed by atoms with E-state index in [1.54, 1.807) is 10.6 Å². The zero-order chi connectivity index (χ0) is 18.0. The lowest BCUT2D eigenvalue weighted by Gasteiger charge is -2.17. The number of phenolic OH excluding ortho intramolecular Hbond substituents is 1. The van der Waals surface area contributed by atoms with Crippen molar-refractivity contribution in [2.75, 3.05) is 12.4 Å². The number of anilines is 1. The number of nitrogens with zero attached hydrogens (tertiary/aromatic N) is 3. The Morgan fingerprint density at radius 1 is 1.32 bits per heavy atom. The highest BCUT2D eigenvalue weighted by Gasteiger charge is 2.13. The molecule has 2 aromatic heterocycles. The van der Waals surface area contributed by atoms with Crippen LogP contribution >= 0.6 is 0 Å². The topological polar surface area (TPSA) is 74.5 Å². The first-order valence-corrected chi connectivity index (χ1v) is 8.24. The predicted molar refractivity (Wildman–Crippen MR) is 101 cm³/mol. The Bertz CT molecular complexity index is 929. The monoisotopic (exact) mass is 337 g/mol. The summed E-state index contributed by atoms with van der Waals surface area (Å²) in [7, 11) is 1.87. The molecular formula is C19H23N5O. The van der Waals surface area contributed by atoms with E-state index in [1.165, 1.54) is 0 Å². The number of aromatic nitrogens is 3. The Labute approximate surface area is 147 Å². The molecule has 130 valence electrons. The predicted octanol–water partition coefficient (Wildman–Crippen LogP) is 3.50. The van der Waals surface area contributed by atoms with Crippen molar-refractivity contribution in [3.05, 3.63) is 59.5 Å². The van der Waals surface area contributed by atoms with E-state index in [-0.39, 0.29) is 11.8 Å². The first-order chi connectivity index (χ1) is 12.0. The van der Waals surface area contributed by atoms with Gasteiger partial charge in [-0.15, -0.1) is 0 Å². The molecule has 6 nitrogen and oxygen atoms in total. The molecule has 3 rings (SSSR count). The summed E-state index contributed by atoms with van der Waals surface area (Å²) >= 11 is 0. The van der Waals surface area contributed by atoms with Crippen molar-refractivity contribution < 1.29 is 5.11 Å². The molecule has 2 heterocycles. The average Bonchev–Trinajstić information content (AvgIpc) is 3.00. The van der Waals surface area contributed by atoms with Gasteiger partial charge in [0.1, 0.15) is 11.6 Å². The van der Waals surface area contributed by atoms with Crippen LogP contribution in [-0.4, -0.2) is 26.8 Å². The minimum atomic E-state index is -0.0739. The van der Waals surface area contributed by atoms with Crippen LogP contribution in [-0.2, 0) is 0 Å². The standard InChI is InChI=1S/C19H23N5O/c1-12-5-6-17(25)15(9-12)14(3)22-18-7-8-24-19(23-18)16(11-21-24)13(2)10-20-4/h5-11,14,20,25H,1-4H3,(H,22,23)/b13-10+. The number of hydrogen-bond donors (Lipinski definition) is 3. The van der Waals surface area contributed by atoms with E-state index >= 15 is 0 Å². The second kappa shape index (κ2) is 6.84. The lowest BCUT2D eigenvalue weighted by Crippen LogP contribution is -2.09. The summed E-state index contributed by atoms with van der Waals surface area (Å²) in [6, 6.07) is 7.40. The summed E-state index contributed by atoms with van der Waals surface area (Å²) < 4.78 is 1.75. The fourth-order valence-electron chi connectivity index (χ4n) is 2.84. The number of allylic oxidation sites excluding steroid dienone is 1. The molecule has 6 heteroatoms. The minimum Gasteiger partial charge on any atom is -0.508 e. The molecule has 0 radical (unpaired) electrons. The first-order valence-electron chi connectivity index (χ1n) is 8.24. The third kappa shape index (κ3) is 3.42. The van der Waals surface area contributed by atoms with E-state index < -0.39 is 0 Å². The summed E-state index contributed by atoms with van der Waals surface area (Å²) in [5.74, 6) is 1.02. The van der Waals surface area contributed by atoms with Gasteiger partial charge in [0.25, 0.3) is 0 Å². The zero-order valence-electron chi connectivity index (χ0n) is 14.9. The van der Waals surface area contributed by atoms with Gasteiger partial charge in [-0.25, -0.2) is 9.50 Å². The SMILES string of the molecule is CN/C=C(\C)c1cnn2ccc(NC(C)c3cc(C)ccc3O)nc12. The fourth-order valence-corrected chi connectivity index (χ4v) is 2.84. The van der Waals surface area contributed by atoms with Crippen LogP contribution in [0.25, 0.3) is 11.2 Å². The zero-order valence-corrected chi connectivity index (χ0v) is 14.9. The number of fused-ring (bicyclic) bond motifs is 1. The Hall–Kier alpha value is -3.02. The summed E-state index contributed by atoms with van der Waals surface area (Å²) in [5, 5.41) is 20.8. The Balaban J connectivity index is 1.92. The highest BCUT2D eigenvalue weighted by Crippen LogP contribution is 2.28. The number of benzene rings is 1. The molecule has 1 unspecified atom stereocenters. The van der Waals surface area contributed by atoms with Gasteiger partial charge in [-0.1, -0.05) is 17.7 Å². The van der Waals surface area contributed by atoms with E-state index in [2.05, 4.69) is 15.7 Å². The highest BCUT2D eigenvalue weighted by atomic mass is 16.3. The maximum atomic E-state index is 10.1. The molecule has 0 aliphatic carbocycles. The molecule has 1 aromatic carbocycles. The van der Waals surface area contributed by atoms with Gasteiger partial charge in [0, 0.05) is 24.4 Å². The summed E-state index contributed by atoms with van der Waals surface area (Å²) in [5.41, 5.74) is 4.78. The third-order valence-electron chi connectivity index (χ3n) is 4.17. The van der Waals surface area contributed by atoms with Crippen LogP contribution in [0.1, 0.15) is 36.6 Å². The number of nitrogens with one attached hydrogen (secondary N) is 2. The second-order valence-corrected chi connectivity index (χ2v) is 6.18. The molecule has 3 N–H and O–H groups in total. The molecule has 0 saturated heterocycles. The van der Waals surface area contributed by atoms with Crippen molar-refractivity contribution in [3.8, 4) is 5.75 Å². The van der Waals surface area contributed by atoms with Crippen molar-refractivity contribution in [3.63, 3.8) is 0 Å². The Morgan fingerprint density at radius 3 is 2.88 bits per heavy atom. The van der Waals surface area contributed by atoms with Gasteiger partial charge in [0.2, 0.25) is 0 Å². The quantitative estimate of drug-likeness (QED) is 0.664. The van der Waals surface area contributed by atoms with Crippen molar-refractivity contribution in [2.24, 2.45) is 0 Å². The normalized spacial score (nSPS) is 13.0. The van der Waals surface area contributed by atoms with Crippen LogP contribution in [0.5, 0.6) is 5.75 Å². The summed E-state index contributed by atoms with van der Waals surface area (Å²) in [6.07, 6.45) is 5.61. The summed E-state index contributed by atoms with van der Waals surface area (Å²) in [6.45, 7) is 6.03. The molecule has 0 aliphatic heterocycles. The fraction of sp³-hybridized carbons (Fsp3) is 0.263. The molecule has 0 bridgehead atoms. The van der Waals surface area contributed by atoms with Gasteiger partial charge >= 0.3 is 0 Å². The molecule has 0 saturated carbocycles. The van der Waals surface area contributed by atoms with Crippen LogP contribution in [0.4, 0.5) is 5.82 Å². The van der Waals surface area contributed by atoms with Crippen molar-refractivity contribution in [2.45, 2.75) is 26.8 Å². The van der Waals surface area contributed by atoms with Crippen molar-refractivity contribution in [1.29, 1.82) is 0 Å². The van der Waals surface area contributed by atoms with Gasteiger partial charge in [0.15, 0.2) is 5.65 Å². The largest absolute Gasteiger partial charge is 0.508 e. The minimum absolute atomic E-state index is 0.0739. The number of rotatable bonds is 5. The molecule has 0 aliphatic rings. The van der Waals surface area contributed by atoms with Gasteiger partial charge in [0.05, 0.1) is 12.2 Å². The van der Waals surface area contributed by atoms with Crippen LogP contribution in [0.3, 0.4) is 0 Å². The van der Waals surface area contributed by atoms with Gasteiger partial charge in [-0.05, 0) is 44.7 Å². The van der Waals surface area contributed by atoms with E-state index in [9.17, 15) is 5.11 Å². The van der Waals surface area contributed by atoms with Gasteiger partial charge in [-0.2, -0.15) is 5.10 Å². The molecule has 0 spiro atoms. The van der Waals surface area contributed by atoms with Crippen LogP contribution in [0.15, 0.2) is 42.9 Å². The molecule has 3 aromatic rings. The number of phenols is 1. The lowest BCUT2D eigenvalue weighted by atomic mass is 10.0. The Kier molecular flexibility index (Phi) is 4.61. The van der Waals surface area contributed by atoms with E-state index in [4.69, 9.17) is 4.98 Å². The number of aromatic hydroxyl groups is 1. The van der Waals surface area contributed by atoms with E-state index in [1.807, 2.05) is 64.6 Å². The number of aryl methyl sites for hydroxylation is 1. The van der Waals surface area contributed by atoms with Crippen LogP contribution < -0.4 is 10.6 Å².